The largest absolute Gasteiger partial charge is 0.456 e. The van der Waals surface area contributed by atoms with E-state index in [0.717, 1.165) is 30.3 Å². The maximum Gasteiger partial charge on any atom is 0.420 e. The van der Waals surface area contributed by atoms with Gasteiger partial charge in [0, 0.05) is 5.69 Å². The van der Waals surface area contributed by atoms with E-state index >= 15 is 0 Å². The molecular formula is C21H14F5NO2. The third-order valence-corrected chi connectivity index (χ3v) is 4.05. The van der Waals surface area contributed by atoms with E-state index in [-0.39, 0.29) is 11.4 Å². The van der Waals surface area contributed by atoms with Crippen LogP contribution in [0.25, 0.3) is 0 Å². The van der Waals surface area contributed by atoms with Crippen LogP contribution in [0.4, 0.5) is 27.6 Å². The molecule has 3 rings (SSSR count). The van der Waals surface area contributed by atoms with E-state index in [4.69, 9.17) is 4.74 Å². The van der Waals surface area contributed by atoms with Crippen LogP contribution in [0.3, 0.4) is 0 Å². The summed E-state index contributed by atoms with van der Waals surface area (Å²) in [4.78, 5) is 12.1. The second-order valence-corrected chi connectivity index (χ2v) is 6.13. The van der Waals surface area contributed by atoms with Crippen LogP contribution >= 0.6 is 0 Å². The van der Waals surface area contributed by atoms with Crippen molar-refractivity contribution in [3.63, 3.8) is 0 Å². The minimum Gasteiger partial charge on any atom is -0.456 e. The number of carbonyl (C=O) groups excluding carboxylic acids is 1. The highest BCUT2D eigenvalue weighted by Gasteiger charge is 2.35. The number of nitrogens with one attached hydrogen (secondary N) is 1. The molecule has 8 heteroatoms. The molecule has 0 fully saturated rings. The minimum absolute atomic E-state index is 0.239. The van der Waals surface area contributed by atoms with Crippen molar-refractivity contribution >= 4 is 11.6 Å². The maximum atomic E-state index is 13.7. The Morgan fingerprint density at radius 2 is 1.55 bits per heavy atom. The molecule has 0 aliphatic carbocycles. The van der Waals surface area contributed by atoms with E-state index in [1.807, 2.05) is 0 Å². The maximum absolute atomic E-state index is 13.7. The SMILES string of the molecule is Cc1ccccc1Oc1ccc(NC(=O)c2c(F)cccc2F)cc1C(F)(F)F. The quantitative estimate of drug-likeness (QED) is 0.513. The number of aryl methyl sites for hydroxylation is 1. The zero-order valence-electron chi connectivity index (χ0n) is 15.0. The number of benzene rings is 3. The van der Waals surface area contributed by atoms with E-state index in [2.05, 4.69) is 5.32 Å². The van der Waals surface area contributed by atoms with E-state index in [9.17, 15) is 26.7 Å². The Hall–Kier alpha value is -3.42. The second-order valence-electron chi connectivity index (χ2n) is 6.13. The molecule has 29 heavy (non-hydrogen) atoms. The van der Waals surface area contributed by atoms with Gasteiger partial charge in [0.25, 0.3) is 5.91 Å². The van der Waals surface area contributed by atoms with Crippen molar-refractivity contribution in [3.8, 4) is 11.5 Å². The van der Waals surface area contributed by atoms with Crippen LogP contribution in [0.2, 0.25) is 0 Å². The second kappa shape index (κ2) is 7.90. The van der Waals surface area contributed by atoms with E-state index in [1.165, 1.54) is 6.07 Å². The number of para-hydroxylation sites is 1. The normalized spacial score (nSPS) is 11.2. The van der Waals surface area contributed by atoms with Crippen molar-refractivity contribution in [1.82, 2.24) is 0 Å². The number of anilines is 1. The van der Waals surface area contributed by atoms with Crippen molar-refractivity contribution < 1.29 is 31.5 Å². The summed E-state index contributed by atoms with van der Waals surface area (Å²) in [6.45, 7) is 1.68. The molecule has 1 amide bonds. The number of rotatable bonds is 4. The lowest BCUT2D eigenvalue weighted by Crippen LogP contribution is -2.16. The molecule has 0 aliphatic heterocycles. The van der Waals surface area contributed by atoms with E-state index in [1.54, 1.807) is 25.1 Å². The predicted octanol–water partition coefficient (Wildman–Crippen LogP) is 6.34. The van der Waals surface area contributed by atoms with Crippen LogP contribution in [-0.4, -0.2) is 5.91 Å². The van der Waals surface area contributed by atoms with Gasteiger partial charge >= 0.3 is 6.18 Å². The monoisotopic (exact) mass is 407 g/mol. The molecule has 3 nitrogen and oxygen atoms in total. The summed E-state index contributed by atoms with van der Waals surface area (Å²) in [5, 5.41) is 2.08. The van der Waals surface area contributed by atoms with Crippen molar-refractivity contribution in [1.29, 1.82) is 0 Å². The molecule has 0 radical (unpaired) electrons. The minimum atomic E-state index is -4.79. The Morgan fingerprint density at radius 3 is 2.17 bits per heavy atom. The molecular weight excluding hydrogens is 393 g/mol. The van der Waals surface area contributed by atoms with Crippen LogP contribution in [0.5, 0.6) is 11.5 Å². The number of hydrogen-bond acceptors (Lipinski definition) is 2. The van der Waals surface area contributed by atoms with Crippen LogP contribution in [0, 0.1) is 18.6 Å². The molecule has 1 N–H and O–H groups in total. The van der Waals surface area contributed by atoms with Gasteiger partial charge in [0.1, 0.15) is 34.3 Å². The Kier molecular flexibility index (Phi) is 5.54. The summed E-state index contributed by atoms with van der Waals surface area (Å²) in [5.41, 5.74) is -1.69. The molecule has 3 aromatic rings. The van der Waals surface area contributed by atoms with Crippen LogP contribution in [0.15, 0.2) is 60.7 Å². The van der Waals surface area contributed by atoms with Crippen molar-refractivity contribution in [2.75, 3.05) is 5.32 Å². The lowest BCUT2D eigenvalue weighted by molar-refractivity contribution is -0.138. The van der Waals surface area contributed by atoms with Gasteiger partial charge in [0.05, 0.1) is 0 Å². The first-order valence-electron chi connectivity index (χ1n) is 8.37. The molecule has 0 spiro atoms. The molecule has 3 aromatic carbocycles. The Morgan fingerprint density at radius 1 is 0.897 bits per heavy atom. The van der Waals surface area contributed by atoms with E-state index in [0.29, 0.717) is 11.6 Å². The van der Waals surface area contributed by atoms with Gasteiger partial charge in [-0.2, -0.15) is 13.2 Å². The highest BCUT2D eigenvalue weighted by atomic mass is 19.4. The molecule has 0 atom stereocenters. The van der Waals surface area contributed by atoms with Crippen molar-refractivity contribution in [2.45, 2.75) is 13.1 Å². The summed E-state index contributed by atoms with van der Waals surface area (Å²) in [5.74, 6) is -3.69. The lowest BCUT2D eigenvalue weighted by Gasteiger charge is -2.16. The third kappa shape index (κ3) is 4.53. The molecule has 0 heterocycles. The van der Waals surface area contributed by atoms with Gasteiger partial charge in [-0.25, -0.2) is 8.78 Å². The van der Waals surface area contributed by atoms with Gasteiger partial charge in [0.2, 0.25) is 0 Å². The summed E-state index contributed by atoms with van der Waals surface area (Å²) in [6, 6.07) is 12.2. The molecule has 0 unspecified atom stereocenters. The Bertz CT molecular complexity index is 1040. The highest BCUT2D eigenvalue weighted by Crippen LogP contribution is 2.40. The standard InChI is InChI=1S/C21H14F5NO2/c1-12-5-2-3-8-17(12)29-18-10-9-13(11-14(18)21(24,25)26)27-20(28)19-15(22)6-4-7-16(19)23/h2-11H,1H3,(H,27,28). The predicted molar refractivity (Wildman–Crippen MR) is 97.0 cm³/mol. The van der Waals surface area contributed by atoms with E-state index < -0.39 is 40.6 Å². The van der Waals surface area contributed by atoms with Gasteiger partial charge in [-0.15, -0.1) is 0 Å². The molecule has 150 valence electrons. The van der Waals surface area contributed by atoms with Crippen LogP contribution in [0.1, 0.15) is 21.5 Å². The van der Waals surface area contributed by atoms with Crippen LogP contribution < -0.4 is 10.1 Å². The van der Waals surface area contributed by atoms with Gasteiger partial charge in [-0.05, 0) is 48.9 Å². The number of amides is 1. The first-order valence-corrected chi connectivity index (χ1v) is 8.37. The van der Waals surface area contributed by atoms with Gasteiger partial charge in [-0.3, -0.25) is 4.79 Å². The molecule has 0 saturated heterocycles. The Balaban J connectivity index is 1.94. The number of ether oxygens (including phenoxy) is 1. The molecule has 0 saturated carbocycles. The smallest absolute Gasteiger partial charge is 0.420 e. The molecule has 0 aromatic heterocycles. The number of alkyl halides is 3. The zero-order valence-corrected chi connectivity index (χ0v) is 15.0. The molecule has 0 aliphatic rings. The topological polar surface area (TPSA) is 38.3 Å². The summed E-state index contributed by atoms with van der Waals surface area (Å²) in [7, 11) is 0. The van der Waals surface area contributed by atoms with Crippen molar-refractivity contribution in [2.24, 2.45) is 0 Å². The summed E-state index contributed by atoms with van der Waals surface area (Å²) < 4.78 is 73.4. The highest BCUT2D eigenvalue weighted by molar-refractivity contribution is 6.04. The average Bonchev–Trinajstić information content (AvgIpc) is 2.64. The Labute approximate surface area is 162 Å². The van der Waals surface area contributed by atoms with Gasteiger partial charge < -0.3 is 10.1 Å². The first kappa shape index (κ1) is 20.3. The molecule has 0 bridgehead atoms. The average molecular weight is 407 g/mol. The number of carbonyl (C=O) groups is 1. The summed E-state index contributed by atoms with van der Waals surface area (Å²) in [6.07, 6.45) is -4.79. The number of hydrogen-bond donors (Lipinski definition) is 1. The lowest BCUT2D eigenvalue weighted by atomic mass is 10.1. The fraction of sp³-hybridized carbons (Fsp3) is 0.0952. The van der Waals surface area contributed by atoms with Gasteiger partial charge in [0.15, 0.2) is 0 Å². The summed E-state index contributed by atoms with van der Waals surface area (Å²) >= 11 is 0. The fourth-order valence-electron chi connectivity index (χ4n) is 2.62. The first-order chi connectivity index (χ1) is 13.7. The van der Waals surface area contributed by atoms with Gasteiger partial charge in [-0.1, -0.05) is 24.3 Å². The number of halogens is 5. The third-order valence-electron chi connectivity index (χ3n) is 4.05. The van der Waals surface area contributed by atoms with Crippen LogP contribution in [-0.2, 0) is 6.18 Å². The van der Waals surface area contributed by atoms with Crippen molar-refractivity contribution in [3.05, 3.63) is 89.0 Å². The zero-order chi connectivity index (χ0) is 21.2. The fourth-order valence-corrected chi connectivity index (χ4v) is 2.62.